The van der Waals surface area contributed by atoms with Gasteiger partial charge in [-0.2, -0.15) is 5.10 Å². The highest BCUT2D eigenvalue weighted by atomic mass is 32.2. The van der Waals surface area contributed by atoms with Crippen LogP contribution in [-0.4, -0.2) is 23.2 Å². The minimum Gasteiger partial charge on any atom is -0.265 e. The van der Waals surface area contributed by atoms with Crippen LogP contribution in [0.1, 0.15) is 65.2 Å². The van der Waals surface area contributed by atoms with E-state index in [4.69, 9.17) is 5.10 Å². The van der Waals surface area contributed by atoms with Crippen LogP contribution in [-0.2, 0) is 16.6 Å². The number of hydrogen-bond acceptors (Lipinski definition) is 4. The highest BCUT2D eigenvalue weighted by Crippen LogP contribution is 2.34. The second-order valence-electron chi connectivity index (χ2n) is 8.92. The van der Waals surface area contributed by atoms with E-state index in [1.54, 1.807) is 12.4 Å². The molecule has 0 amide bonds. The van der Waals surface area contributed by atoms with Crippen molar-refractivity contribution < 1.29 is 8.42 Å². The largest absolute Gasteiger partial charge is 0.265 e. The smallest absolute Gasteiger partial charge is 0.241 e. The van der Waals surface area contributed by atoms with Crippen molar-refractivity contribution in [1.29, 1.82) is 0 Å². The van der Waals surface area contributed by atoms with Crippen LogP contribution in [0.15, 0.2) is 35.5 Å². The maximum atomic E-state index is 13.3. The van der Waals surface area contributed by atoms with Crippen molar-refractivity contribution in [1.82, 2.24) is 19.5 Å². The molecule has 1 fully saturated rings. The van der Waals surface area contributed by atoms with Crippen LogP contribution in [0.3, 0.4) is 0 Å². The normalized spacial score (nSPS) is 14.9. The summed E-state index contributed by atoms with van der Waals surface area (Å²) >= 11 is 0. The first-order valence-corrected chi connectivity index (χ1v) is 12.7. The van der Waals surface area contributed by atoms with Gasteiger partial charge in [-0.05, 0) is 93.5 Å². The van der Waals surface area contributed by atoms with Gasteiger partial charge in [0.05, 0.1) is 28.9 Å². The molecule has 1 N–H and O–H groups in total. The van der Waals surface area contributed by atoms with Crippen molar-refractivity contribution in [3.05, 3.63) is 64.1 Å². The number of pyridine rings is 1. The Morgan fingerprint density at radius 2 is 1.50 bits per heavy atom. The third-order valence-corrected chi connectivity index (χ3v) is 8.75. The van der Waals surface area contributed by atoms with Crippen LogP contribution in [0.5, 0.6) is 0 Å². The fraction of sp³-hybridized carbons (Fsp3) is 0.440. The first-order chi connectivity index (χ1) is 15.2. The van der Waals surface area contributed by atoms with E-state index in [-0.39, 0.29) is 6.54 Å². The van der Waals surface area contributed by atoms with E-state index in [0.29, 0.717) is 10.9 Å². The molecular formula is C25H32N4O2S. The van der Waals surface area contributed by atoms with Crippen LogP contribution < -0.4 is 4.72 Å². The number of sulfonamides is 1. The molecule has 0 aliphatic heterocycles. The molecule has 4 rings (SSSR count). The average Bonchev–Trinajstić information content (AvgIpc) is 3.45. The Balaban J connectivity index is 1.66. The topological polar surface area (TPSA) is 76.9 Å². The molecule has 32 heavy (non-hydrogen) atoms. The molecule has 2 heterocycles. The lowest BCUT2D eigenvalue weighted by Gasteiger charge is -2.18. The van der Waals surface area contributed by atoms with E-state index in [9.17, 15) is 8.42 Å². The summed E-state index contributed by atoms with van der Waals surface area (Å²) in [6, 6.07) is 6.30. The average molecular weight is 453 g/mol. The van der Waals surface area contributed by atoms with Crippen molar-refractivity contribution in [2.45, 2.75) is 77.8 Å². The first-order valence-electron chi connectivity index (χ1n) is 11.3. The minimum atomic E-state index is -3.68. The lowest BCUT2D eigenvalue weighted by Crippen LogP contribution is -2.26. The van der Waals surface area contributed by atoms with Crippen molar-refractivity contribution in [2.24, 2.45) is 0 Å². The molecule has 1 saturated carbocycles. The fourth-order valence-electron chi connectivity index (χ4n) is 4.81. The number of hydrogen-bond donors (Lipinski definition) is 1. The van der Waals surface area contributed by atoms with Crippen LogP contribution >= 0.6 is 0 Å². The van der Waals surface area contributed by atoms with Crippen molar-refractivity contribution in [3.8, 4) is 11.3 Å². The zero-order valence-electron chi connectivity index (χ0n) is 19.6. The maximum Gasteiger partial charge on any atom is 0.241 e. The molecule has 0 spiro atoms. The van der Waals surface area contributed by atoms with E-state index >= 15 is 0 Å². The predicted octanol–water partition coefficient (Wildman–Crippen LogP) is 5.08. The molecule has 170 valence electrons. The Kier molecular flexibility index (Phi) is 6.23. The highest BCUT2D eigenvalue weighted by Gasteiger charge is 2.25. The van der Waals surface area contributed by atoms with Crippen molar-refractivity contribution in [2.75, 3.05) is 0 Å². The molecule has 0 bridgehead atoms. The summed E-state index contributed by atoms with van der Waals surface area (Å²) in [5.74, 6) is 0. The molecule has 1 aliphatic rings. The van der Waals surface area contributed by atoms with Gasteiger partial charge in [-0.15, -0.1) is 0 Å². The van der Waals surface area contributed by atoms with Crippen LogP contribution in [0, 0.1) is 34.6 Å². The summed E-state index contributed by atoms with van der Waals surface area (Å²) in [5.41, 5.74) is 7.62. The fourth-order valence-corrected chi connectivity index (χ4v) is 6.40. The summed E-state index contributed by atoms with van der Waals surface area (Å²) in [4.78, 5) is 4.51. The monoisotopic (exact) mass is 452 g/mol. The Bertz CT molecular complexity index is 1210. The van der Waals surface area contributed by atoms with Gasteiger partial charge in [-0.25, -0.2) is 13.1 Å². The summed E-state index contributed by atoms with van der Waals surface area (Å²) in [6.07, 6.45) is 8.16. The van der Waals surface area contributed by atoms with Gasteiger partial charge in [0.1, 0.15) is 0 Å². The molecule has 0 unspecified atom stereocenters. The predicted molar refractivity (Wildman–Crippen MR) is 127 cm³/mol. The van der Waals surface area contributed by atoms with Gasteiger partial charge >= 0.3 is 0 Å². The van der Waals surface area contributed by atoms with Gasteiger partial charge in [-0.3, -0.25) is 9.67 Å². The lowest BCUT2D eigenvalue weighted by molar-refractivity contribution is 0.467. The molecule has 1 aliphatic carbocycles. The van der Waals surface area contributed by atoms with Crippen molar-refractivity contribution >= 4 is 10.0 Å². The quantitative estimate of drug-likeness (QED) is 0.566. The third-order valence-electron chi connectivity index (χ3n) is 7.08. The molecule has 6 nitrogen and oxygen atoms in total. The number of aromatic nitrogens is 3. The number of nitrogens with zero attached hydrogens (tertiary/aromatic N) is 3. The second-order valence-corrected chi connectivity index (χ2v) is 10.6. The Morgan fingerprint density at radius 3 is 2.09 bits per heavy atom. The number of rotatable bonds is 6. The molecule has 0 saturated heterocycles. The molecule has 0 atom stereocenters. The zero-order valence-corrected chi connectivity index (χ0v) is 20.4. The van der Waals surface area contributed by atoms with Crippen LogP contribution in [0.4, 0.5) is 0 Å². The third kappa shape index (κ3) is 4.11. The molecule has 0 radical (unpaired) electrons. The molecule has 3 aromatic rings. The maximum absolute atomic E-state index is 13.3. The Labute approximate surface area is 191 Å². The van der Waals surface area contributed by atoms with Crippen LogP contribution in [0.25, 0.3) is 11.3 Å². The van der Waals surface area contributed by atoms with Gasteiger partial charge in [0.25, 0.3) is 0 Å². The molecular weight excluding hydrogens is 420 g/mol. The van der Waals surface area contributed by atoms with Gasteiger partial charge in [0.15, 0.2) is 0 Å². The Morgan fingerprint density at radius 1 is 0.938 bits per heavy atom. The zero-order chi connectivity index (χ0) is 23.0. The van der Waals surface area contributed by atoms with E-state index in [1.165, 1.54) is 12.8 Å². The number of benzene rings is 1. The molecule has 2 aromatic heterocycles. The highest BCUT2D eigenvalue weighted by molar-refractivity contribution is 7.89. The SMILES string of the molecule is Cc1c(C)c(C)c(S(=O)(=O)NCc2cc(-c3ccncc3)n(C3CCCC3)n2)c(C)c1C. The Hall–Kier alpha value is -2.51. The van der Waals surface area contributed by atoms with Crippen LogP contribution in [0.2, 0.25) is 0 Å². The number of nitrogens with one attached hydrogen (secondary N) is 1. The molecule has 7 heteroatoms. The summed E-state index contributed by atoms with van der Waals surface area (Å²) in [6.45, 7) is 9.95. The van der Waals surface area contributed by atoms with E-state index in [2.05, 4.69) is 14.4 Å². The van der Waals surface area contributed by atoms with Gasteiger partial charge in [0.2, 0.25) is 10.0 Å². The summed E-state index contributed by atoms with van der Waals surface area (Å²) < 4.78 is 31.6. The summed E-state index contributed by atoms with van der Waals surface area (Å²) in [5, 5.41) is 4.83. The first kappa shape index (κ1) is 22.7. The van der Waals surface area contributed by atoms with E-state index in [1.807, 2.05) is 52.8 Å². The van der Waals surface area contributed by atoms with Crippen molar-refractivity contribution in [3.63, 3.8) is 0 Å². The van der Waals surface area contributed by atoms with E-state index in [0.717, 1.165) is 57.6 Å². The van der Waals surface area contributed by atoms with Gasteiger partial charge in [-0.1, -0.05) is 12.8 Å². The van der Waals surface area contributed by atoms with Gasteiger partial charge in [0, 0.05) is 18.0 Å². The van der Waals surface area contributed by atoms with E-state index < -0.39 is 10.0 Å². The second kappa shape index (κ2) is 8.79. The molecule has 1 aromatic carbocycles. The minimum absolute atomic E-state index is 0.158. The standard InChI is InChI=1S/C25H32N4O2S/c1-16-17(2)19(4)25(20(5)18(16)3)32(30,31)27-15-22-14-24(21-10-12-26-13-11-21)29(28-22)23-8-6-7-9-23/h10-14,23,27H,6-9,15H2,1-5H3. The van der Waals surface area contributed by atoms with Gasteiger partial charge < -0.3 is 0 Å². The summed E-state index contributed by atoms with van der Waals surface area (Å²) in [7, 11) is -3.68. The lowest BCUT2D eigenvalue weighted by atomic mass is 9.95.